The maximum Gasteiger partial charge on any atom is 0.251 e. The molecule has 18 heavy (non-hydrogen) atoms. The van der Waals surface area contributed by atoms with Gasteiger partial charge in [0.2, 0.25) is 0 Å². The first-order chi connectivity index (χ1) is 8.75. The van der Waals surface area contributed by atoms with Crippen LogP contribution in [0.3, 0.4) is 0 Å². The molecule has 1 aromatic carbocycles. The minimum Gasteiger partial charge on any atom is -0.352 e. The fraction of sp³-hybridized carbons (Fsp3) is 0.286. The van der Waals surface area contributed by atoms with E-state index < -0.39 is 0 Å². The van der Waals surface area contributed by atoms with E-state index in [1.165, 1.54) is 4.90 Å². The predicted molar refractivity (Wildman–Crippen MR) is 71.6 cm³/mol. The number of carbonyl (C=O) groups excluding carboxylic acids is 1. The number of aliphatic imine (C=N–C) groups is 1. The number of nitrogens with one attached hydrogen (secondary N) is 2. The van der Waals surface area contributed by atoms with Crippen molar-refractivity contribution in [3.63, 3.8) is 0 Å². The van der Waals surface area contributed by atoms with E-state index in [9.17, 15) is 4.79 Å². The molecule has 4 nitrogen and oxygen atoms in total. The summed E-state index contributed by atoms with van der Waals surface area (Å²) in [5.74, 6) is -0.000619. The molecule has 0 fully saturated rings. The molecule has 0 spiro atoms. The van der Waals surface area contributed by atoms with Gasteiger partial charge in [-0.25, -0.2) is 4.99 Å². The van der Waals surface area contributed by atoms with E-state index in [2.05, 4.69) is 10.3 Å². The van der Waals surface area contributed by atoms with Crippen molar-refractivity contribution in [2.45, 2.75) is 13.3 Å². The van der Waals surface area contributed by atoms with Crippen LogP contribution in [0.15, 0.2) is 41.7 Å². The molecule has 1 aliphatic heterocycles. The smallest absolute Gasteiger partial charge is 0.251 e. The lowest BCUT2D eigenvalue weighted by atomic mass is 10.1. The van der Waals surface area contributed by atoms with E-state index >= 15 is 0 Å². The van der Waals surface area contributed by atoms with Crippen LogP contribution >= 0.6 is 0 Å². The molecule has 1 unspecified atom stereocenters. The topological polar surface area (TPSA) is 45.9 Å². The number of benzene rings is 1. The van der Waals surface area contributed by atoms with Crippen molar-refractivity contribution in [3.05, 3.63) is 47.8 Å². The van der Waals surface area contributed by atoms with Crippen molar-refractivity contribution < 1.29 is 9.69 Å². The van der Waals surface area contributed by atoms with E-state index in [1.807, 2.05) is 43.7 Å². The molecule has 2 N–H and O–H groups in total. The Morgan fingerprint density at radius 2 is 2.33 bits per heavy atom. The van der Waals surface area contributed by atoms with Crippen LogP contribution in [0.25, 0.3) is 0 Å². The van der Waals surface area contributed by atoms with E-state index in [-0.39, 0.29) is 5.91 Å². The lowest BCUT2D eigenvalue weighted by Gasteiger charge is -2.07. The van der Waals surface area contributed by atoms with Crippen LogP contribution in [0.2, 0.25) is 0 Å². The SMILES string of the molecule is Cc1cccc(C(=O)NCCC[NH+]2C=CN=C2)c1. The number of rotatable bonds is 5. The first-order valence-electron chi connectivity index (χ1n) is 6.16. The molecule has 2 rings (SSSR count). The Balaban J connectivity index is 1.71. The summed E-state index contributed by atoms with van der Waals surface area (Å²) in [6.45, 7) is 3.63. The third-order valence-electron chi connectivity index (χ3n) is 2.82. The molecule has 1 atom stereocenters. The van der Waals surface area contributed by atoms with Crippen LogP contribution in [0.1, 0.15) is 22.3 Å². The Hall–Kier alpha value is -1.94. The van der Waals surface area contributed by atoms with Gasteiger partial charge in [-0.1, -0.05) is 17.7 Å². The predicted octanol–water partition coefficient (Wildman–Crippen LogP) is 0.513. The summed E-state index contributed by atoms with van der Waals surface area (Å²) < 4.78 is 0. The number of nitrogens with zero attached hydrogens (tertiary/aromatic N) is 1. The minimum atomic E-state index is -0.000619. The Morgan fingerprint density at radius 1 is 1.44 bits per heavy atom. The van der Waals surface area contributed by atoms with Gasteiger partial charge in [0.05, 0.1) is 12.7 Å². The number of amides is 1. The summed E-state index contributed by atoms with van der Waals surface area (Å²) in [5, 5.41) is 2.93. The van der Waals surface area contributed by atoms with Gasteiger partial charge in [0.15, 0.2) is 6.34 Å². The van der Waals surface area contributed by atoms with Gasteiger partial charge in [-0.3, -0.25) is 9.69 Å². The van der Waals surface area contributed by atoms with Gasteiger partial charge in [-0.2, -0.15) is 0 Å². The molecule has 1 heterocycles. The highest BCUT2D eigenvalue weighted by Gasteiger charge is 2.07. The molecular weight excluding hydrogens is 226 g/mol. The molecule has 0 saturated heterocycles. The third kappa shape index (κ3) is 3.53. The second kappa shape index (κ2) is 6.12. The highest BCUT2D eigenvalue weighted by atomic mass is 16.1. The van der Waals surface area contributed by atoms with E-state index in [1.54, 1.807) is 6.20 Å². The van der Waals surface area contributed by atoms with Crippen molar-refractivity contribution in [1.29, 1.82) is 0 Å². The van der Waals surface area contributed by atoms with Crippen LogP contribution in [0.5, 0.6) is 0 Å². The number of aryl methyl sites for hydroxylation is 1. The summed E-state index contributed by atoms with van der Waals surface area (Å²) in [4.78, 5) is 17.1. The molecule has 1 aliphatic rings. The summed E-state index contributed by atoms with van der Waals surface area (Å²) in [7, 11) is 0. The Morgan fingerprint density at radius 3 is 3.06 bits per heavy atom. The molecule has 1 aromatic rings. The summed E-state index contributed by atoms with van der Waals surface area (Å²) in [5.41, 5.74) is 1.83. The molecular formula is C14H18N3O+. The van der Waals surface area contributed by atoms with Gasteiger partial charge >= 0.3 is 0 Å². The zero-order valence-electron chi connectivity index (χ0n) is 10.5. The fourth-order valence-electron chi connectivity index (χ4n) is 1.85. The van der Waals surface area contributed by atoms with Gasteiger partial charge in [0, 0.05) is 18.5 Å². The molecule has 1 amide bonds. The minimum absolute atomic E-state index is 0.000619. The van der Waals surface area contributed by atoms with Gasteiger partial charge in [0.1, 0.15) is 6.20 Å². The first kappa shape index (κ1) is 12.5. The van der Waals surface area contributed by atoms with Crippen LogP contribution in [-0.4, -0.2) is 25.3 Å². The zero-order chi connectivity index (χ0) is 12.8. The van der Waals surface area contributed by atoms with Crippen molar-refractivity contribution in [2.75, 3.05) is 13.1 Å². The molecule has 0 saturated carbocycles. The van der Waals surface area contributed by atoms with E-state index in [0.717, 1.165) is 24.1 Å². The standard InChI is InChI=1S/C14H17N3O/c1-12-4-2-5-13(10-12)14(18)16-6-3-8-17-9-7-15-11-17/h2,4-5,7,9-11H,3,6,8H2,1H3,(H,16,18)/p+1. The van der Waals surface area contributed by atoms with Crippen molar-refractivity contribution in [1.82, 2.24) is 5.32 Å². The number of hydrogen-bond donors (Lipinski definition) is 2. The van der Waals surface area contributed by atoms with Gasteiger partial charge in [0.25, 0.3) is 5.91 Å². The van der Waals surface area contributed by atoms with Crippen LogP contribution in [0.4, 0.5) is 0 Å². The van der Waals surface area contributed by atoms with Crippen molar-refractivity contribution >= 4 is 12.2 Å². The van der Waals surface area contributed by atoms with Crippen LogP contribution in [-0.2, 0) is 0 Å². The zero-order valence-corrected chi connectivity index (χ0v) is 10.5. The monoisotopic (exact) mass is 244 g/mol. The normalized spacial score (nSPS) is 17.1. The average Bonchev–Trinajstić information content (AvgIpc) is 2.87. The van der Waals surface area contributed by atoms with E-state index in [4.69, 9.17) is 0 Å². The van der Waals surface area contributed by atoms with Crippen molar-refractivity contribution in [2.24, 2.45) is 4.99 Å². The molecule has 94 valence electrons. The average molecular weight is 244 g/mol. The fourth-order valence-corrected chi connectivity index (χ4v) is 1.85. The summed E-state index contributed by atoms with van der Waals surface area (Å²) in [6, 6.07) is 7.62. The maximum absolute atomic E-state index is 11.8. The van der Waals surface area contributed by atoms with Crippen molar-refractivity contribution in [3.8, 4) is 0 Å². The summed E-state index contributed by atoms with van der Waals surface area (Å²) >= 11 is 0. The number of quaternary nitrogens is 1. The van der Waals surface area contributed by atoms with Gasteiger partial charge in [-0.15, -0.1) is 0 Å². The lowest BCUT2D eigenvalue weighted by Crippen LogP contribution is -3.05. The molecule has 4 heteroatoms. The second-order valence-electron chi connectivity index (χ2n) is 4.40. The Labute approximate surface area is 107 Å². The molecule has 0 radical (unpaired) electrons. The number of hydrogen-bond acceptors (Lipinski definition) is 2. The second-order valence-corrected chi connectivity index (χ2v) is 4.40. The van der Waals surface area contributed by atoms with Gasteiger partial charge in [-0.05, 0) is 19.1 Å². The van der Waals surface area contributed by atoms with E-state index in [0.29, 0.717) is 6.54 Å². The largest absolute Gasteiger partial charge is 0.352 e. The quantitative estimate of drug-likeness (QED) is 0.729. The molecule has 0 bridgehead atoms. The van der Waals surface area contributed by atoms with Crippen LogP contribution < -0.4 is 10.2 Å². The lowest BCUT2D eigenvalue weighted by molar-refractivity contribution is -0.736. The highest BCUT2D eigenvalue weighted by molar-refractivity contribution is 5.94. The maximum atomic E-state index is 11.8. The molecule has 0 aromatic heterocycles. The number of carbonyl (C=O) groups is 1. The molecule has 0 aliphatic carbocycles. The third-order valence-corrected chi connectivity index (χ3v) is 2.82. The summed E-state index contributed by atoms with van der Waals surface area (Å²) in [6.07, 6.45) is 6.59. The van der Waals surface area contributed by atoms with Crippen LogP contribution in [0, 0.1) is 6.92 Å². The Kier molecular flexibility index (Phi) is 4.25. The highest BCUT2D eigenvalue weighted by Crippen LogP contribution is 2.03. The van der Waals surface area contributed by atoms with Gasteiger partial charge < -0.3 is 5.32 Å². The first-order valence-corrected chi connectivity index (χ1v) is 6.16. The Bertz CT molecular complexity index is 468.